The molecule has 3 aromatic heterocycles. The molecule has 6 rings (SSSR count). The van der Waals surface area contributed by atoms with Crippen LogP contribution in [0.25, 0.3) is 44.7 Å². The van der Waals surface area contributed by atoms with Gasteiger partial charge in [0.15, 0.2) is 0 Å². The zero-order chi connectivity index (χ0) is 24.5. The molecule has 0 saturated carbocycles. The Morgan fingerprint density at radius 1 is 0.972 bits per heavy atom. The Hall–Kier alpha value is -4.36. The third kappa shape index (κ3) is 4.36. The van der Waals surface area contributed by atoms with E-state index in [1.807, 2.05) is 61.7 Å². The van der Waals surface area contributed by atoms with E-state index in [0.717, 1.165) is 63.5 Å². The van der Waals surface area contributed by atoms with Crippen LogP contribution >= 0.6 is 0 Å². The van der Waals surface area contributed by atoms with Crippen molar-refractivity contribution in [2.45, 2.75) is 6.92 Å². The van der Waals surface area contributed by atoms with Crippen LogP contribution in [0.15, 0.2) is 79.3 Å². The van der Waals surface area contributed by atoms with E-state index in [4.69, 9.17) is 4.74 Å². The second kappa shape index (κ2) is 9.36. The topological polar surface area (TPSA) is 92.8 Å². The fraction of sp³-hybridized carbons (Fsp3) is 0.172. The molecular formula is C29H25N5O2. The molecule has 2 N–H and O–H groups in total. The van der Waals surface area contributed by atoms with Gasteiger partial charge < -0.3 is 15.0 Å². The van der Waals surface area contributed by atoms with E-state index in [1.165, 1.54) is 0 Å². The first kappa shape index (κ1) is 22.1. The molecule has 0 unspecified atom stereocenters. The normalized spacial score (nSPS) is 13.5. The summed E-state index contributed by atoms with van der Waals surface area (Å²) in [6.45, 7) is 4.23. The summed E-state index contributed by atoms with van der Waals surface area (Å²) in [5.41, 5.74) is 7.78. The molecule has 5 aromatic rings. The first-order valence-corrected chi connectivity index (χ1v) is 12.0. The number of ether oxygens (including phenoxy) is 1. The Morgan fingerprint density at radius 2 is 1.83 bits per heavy atom. The number of nitrogens with one attached hydrogen (secondary N) is 2. The number of imidazole rings is 1. The fourth-order valence-electron chi connectivity index (χ4n) is 4.40. The van der Waals surface area contributed by atoms with Crippen molar-refractivity contribution in [3.05, 3.63) is 90.5 Å². The van der Waals surface area contributed by atoms with Crippen LogP contribution < -0.4 is 5.32 Å². The average molecular weight is 476 g/mol. The molecule has 1 aliphatic rings. The summed E-state index contributed by atoms with van der Waals surface area (Å²) in [4.78, 5) is 29.7. The minimum atomic E-state index is -0.296. The largest absolute Gasteiger partial charge is 0.462 e. The lowest BCUT2D eigenvalue weighted by molar-refractivity contribution is 0.0398. The van der Waals surface area contributed by atoms with Crippen molar-refractivity contribution in [1.82, 2.24) is 25.3 Å². The van der Waals surface area contributed by atoms with Crippen molar-refractivity contribution in [2.24, 2.45) is 5.92 Å². The maximum absolute atomic E-state index is 12.6. The molecule has 2 aromatic carbocycles. The first-order chi connectivity index (χ1) is 17.6. The van der Waals surface area contributed by atoms with Crippen LogP contribution in [-0.2, 0) is 4.74 Å². The van der Waals surface area contributed by atoms with E-state index >= 15 is 0 Å². The lowest BCUT2D eigenvalue weighted by atomic mass is 10.0. The van der Waals surface area contributed by atoms with Crippen LogP contribution in [0.1, 0.15) is 16.1 Å². The van der Waals surface area contributed by atoms with E-state index in [2.05, 4.69) is 37.4 Å². The molecule has 0 spiro atoms. The molecule has 0 radical (unpaired) electrons. The zero-order valence-corrected chi connectivity index (χ0v) is 19.9. The van der Waals surface area contributed by atoms with Crippen LogP contribution in [0.2, 0.25) is 0 Å². The van der Waals surface area contributed by atoms with Gasteiger partial charge in [0, 0.05) is 47.4 Å². The quantitative estimate of drug-likeness (QED) is 0.334. The highest BCUT2D eigenvalue weighted by Gasteiger charge is 2.19. The number of esters is 1. The van der Waals surface area contributed by atoms with Gasteiger partial charge in [0.05, 0.1) is 41.1 Å². The van der Waals surface area contributed by atoms with Gasteiger partial charge >= 0.3 is 5.97 Å². The number of carbonyl (C=O) groups is 1. The van der Waals surface area contributed by atoms with Crippen LogP contribution in [-0.4, -0.2) is 45.6 Å². The van der Waals surface area contributed by atoms with Gasteiger partial charge in [-0.25, -0.2) is 9.78 Å². The number of H-pyrrole nitrogens is 1. The number of aromatic amines is 1. The van der Waals surface area contributed by atoms with E-state index in [0.29, 0.717) is 18.1 Å². The zero-order valence-electron chi connectivity index (χ0n) is 19.9. The highest BCUT2D eigenvalue weighted by atomic mass is 16.5. The Bertz CT molecular complexity index is 1570. The minimum absolute atomic E-state index is 0.296. The molecule has 7 heteroatoms. The van der Waals surface area contributed by atoms with Crippen molar-refractivity contribution in [3.8, 4) is 33.8 Å². The summed E-state index contributed by atoms with van der Waals surface area (Å²) in [5.74, 6) is 0.114. The number of benzene rings is 2. The third-order valence-corrected chi connectivity index (χ3v) is 6.49. The molecule has 1 aliphatic heterocycles. The first-order valence-electron chi connectivity index (χ1n) is 12.0. The Morgan fingerprint density at radius 3 is 2.67 bits per heavy atom. The van der Waals surface area contributed by atoms with E-state index < -0.39 is 0 Å². The second-order valence-electron chi connectivity index (χ2n) is 9.13. The molecule has 178 valence electrons. The monoisotopic (exact) mass is 475 g/mol. The van der Waals surface area contributed by atoms with Gasteiger partial charge in [-0.3, -0.25) is 9.97 Å². The van der Waals surface area contributed by atoms with Gasteiger partial charge in [-0.2, -0.15) is 0 Å². The molecule has 4 heterocycles. The molecular weight excluding hydrogens is 450 g/mol. The number of pyridine rings is 2. The molecule has 0 bridgehead atoms. The van der Waals surface area contributed by atoms with Gasteiger partial charge in [-0.15, -0.1) is 0 Å². The van der Waals surface area contributed by atoms with Crippen LogP contribution in [0.3, 0.4) is 0 Å². The second-order valence-corrected chi connectivity index (χ2v) is 9.13. The Labute approximate surface area is 208 Å². The summed E-state index contributed by atoms with van der Waals surface area (Å²) >= 11 is 0. The highest BCUT2D eigenvalue weighted by molar-refractivity contribution is 5.92. The van der Waals surface area contributed by atoms with E-state index in [-0.39, 0.29) is 5.97 Å². The molecule has 0 amide bonds. The van der Waals surface area contributed by atoms with Crippen LogP contribution in [0.4, 0.5) is 0 Å². The minimum Gasteiger partial charge on any atom is -0.462 e. The fourth-order valence-corrected chi connectivity index (χ4v) is 4.40. The van der Waals surface area contributed by atoms with Crippen molar-refractivity contribution < 1.29 is 9.53 Å². The maximum Gasteiger partial charge on any atom is 0.338 e. The van der Waals surface area contributed by atoms with Gasteiger partial charge in [-0.1, -0.05) is 24.3 Å². The van der Waals surface area contributed by atoms with E-state index in [9.17, 15) is 4.79 Å². The van der Waals surface area contributed by atoms with Gasteiger partial charge in [-0.05, 0) is 55.0 Å². The van der Waals surface area contributed by atoms with Crippen molar-refractivity contribution >= 4 is 16.9 Å². The summed E-state index contributed by atoms with van der Waals surface area (Å²) in [6, 6.07) is 21.7. The summed E-state index contributed by atoms with van der Waals surface area (Å²) in [7, 11) is 0. The van der Waals surface area contributed by atoms with Crippen molar-refractivity contribution in [2.75, 3.05) is 19.7 Å². The standard InChI is InChI=1S/C29H25N5O2/c1-18-4-2-7-26(34-18)28-27(32-17-33-28)21-8-9-25-23(11-21)12-24(15-31-25)20-5-3-6-22(10-20)29(35)36-16-19-13-30-14-19/h2-12,15,17,19,30H,13-14,16H2,1H3,(H,32,33). The SMILES string of the molecule is Cc1cccc(-c2[nH]cnc2-c2ccc3ncc(-c4cccc(C(=O)OCC5CNC5)c4)cc3c2)n1. The molecule has 0 atom stereocenters. The summed E-state index contributed by atoms with van der Waals surface area (Å²) in [5, 5.41) is 4.18. The number of rotatable bonds is 6. The smallest absolute Gasteiger partial charge is 0.338 e. The Balaban J connectivity index is 1.31. The lowest BCUT2D eigenvalue weighted by Crippen LogP contribution is -2.44. The van der Waals surface area contributed by atoms with Crippen LogP contribution in [0.5, 0.6) is 0 Å². The molecule has 7 nitrogen and oxygen atoms in total. The number of fused-ring (bicyclic) bond motifs is 1. The summed E-state index contributed by atoms with van der Waals surface area (Å²) in [6.07, 6.45) is 3.53. The van der Waals surface area contributed by atoms with Crippen LogP contribution in [0, 0.1) is 12.8 Å². The summed E-state index contributed by atoms with van der Waals surface area (Å²) < 4.78 is 5.50. The highest BCUT2D eigenvalue weighted by Crippen LogP contribution is 2.31. The number of hydrogen-bond donors (Lipinski definition) is 2. The number of carbonyl (C=O) groups excluding carboxylic acids is 1. The predicted molar refractivity (Wildman–Crippen MR) is 139 cm³/mol. The number of aromatic nitrogens is 4. The average Bonchev–Trinajstić information content (AvgIpc) is 3.37. The number of nitrogens with zero attached hydrogens (tertiary/aromatic N) is 3. The lowest BCUT2D eigenvalue weighted by Gasteiger charge is -2.26. The molecule has 36 heavy (non-hydrogen) atoms. The van der Waals surface area contributed by atoms with Gasteiger partial charge in [0.25, 0.3) is 0 Å². The van der Waals surface area contributed by atoms with Crippen molar-refractivity contribution in [1.29, 1.82) is 0 Å². The molecule has 0 aliphatic carbocycles. The number of aryl methyl sites for hydroxylation is 1. The predicted octanol–water partition coefficient (Wildman–Crippen LogP) is 5.04. The maximum atomic E-state index is 12.6. The Kier molecular flexibility index (Phi) is 5.75. The van der Waals surface area contributed by atoms with Gasteiger partial charge in [0.2, 0.25) is 0 Å². The molecule has 1 fully saturated rings. The van der Waals surface area contributed by atoms with Gasteiger partial charge in [0.1, 0.15) is 0 Å². The molecule has 1 saturated heterocycles. The van der Waals surface area contributed by atoms with Crippen molar-refractivity contribution in [3.63, 3.8) is 0 Å². The third-order valence-electron chi connectivity index (χ3n) is 6.49. The van der Waals surface area contributed by atoms with E-state index in [1.54, 1.807) is 12.4 Å². The number of hydrogen-bond acceptors (Lipinski definition) is 6.